The van der Waals surface area contributed by atoms with E-state index in [2.05, 4.69) is 64.7 Å². The number of benzene rings is 1. The van der Waals surface area contributed by atoms with Gasteiger partial charge in [0.2, 0.25) is 12.2 Å². The Hall–Kier alpha value is -2.73. The van der Waals surface area contributed by atoms with Gasteiger partial charge >= 0.3 is 0 Å². The molecule has 2 N–H and O–H groups in total. The molecule has 3 heterocycles. The van der Waals surface area contributed by atoms with E-state index >= 15 is 0 Å². The number of nitrogens with one attached hydrogen (secondary N) is 2. The van der Waals surface area contributed by atoms with E-state index in [0.717, 1.165) is 17.1 Å². The largest absolute Gasteiger partial charge is 0.342 e. The summed E-state index contributed by atoms with van der Waals surface area (Å²) in [6.07, 6.45) is 5.81. The van der Waals surface area contributed by atoms with Gasteiger partial charge in [0.1, 0.15) is 5.82 Å². The first kappa shape index (κ1) is 19.0. The Labute approximate surface area is 160 Å². The number of pyridine rings is 1. The number of hydrogen-bond acceptors (Lipinski definition) is 6. The SMILES string of the molecule is C1CCNC1.CC(C)(C)c1cccc(Nc2ccc(-c3ncon3)cn2)c1. The van der Waals surface area contributed by atoms with Crippen molar-refractivity contribution in [1.82, 2.24) is 20.4 Å². The van der Waals surface area contributed by atoms with E-state index in [1.807, 2.05) is 18.2 Å². The van der Waals surface area contributed by atoms with Crippen LogP contribution in [0.3, 0.4) is 0 Å². The van der Waals surface area contributed by atoms with Crippen molar-refractivity contribution in [3.8, 4) is 11.4 Å². The molecule has 0 bridgehead atoms. The maximum Gasteiger partial charge on any atom is 0.214 e. The minimum absolute atomic E-state index is 0.119. The molecule has 6 nitrogen and oxygen atoms in total. The van der Waals surface area contributed by atoms with Gasteiger partial charge in [0.05, 0.1) is 0 Å². The van der Waals surface area contributed by atoms with E-state index in [9.17, 15) is 0 Å². The average molecular weight is 365 g/mol. The average Bonchev–Trinajstić information content (AvgIpc) is 3.39. The molecule has 1 aliphatic rings. The normalized spacial score (nSPS) is 13.7. The summed E-state index contributed by atoms with van der Waals surface area (Å²) in [4.78, 5) is 8.39. The van der Waals surface area contributed by atoms with Gasteiger partial charge in [-0.2, -0.15) is 4.98 Å². The van der Waals surface area contributed by atoms with Gasteiger partial charge in [-0.3, -0.25) is 0 Å². The lowest BCUT2D eigenvalue weighted by Crippen LogP contribution is -2.11. The first-order valence-electron chi connectivity index (χ1n) is 9.33. The highest BCUT2D eigenvalue weighted by atomic mass is 16.5. The molecular weight excluding hydrogens is 338 g/mol. The van der Waals surface area contributed by atoms with Gasteiger partial charge in [-0.25, -0.2) is 4.98 Å². The second-order valence-corrected chi connectivity index (χ2v) is 7.60. The van der Waals surface area contributed by atoms with Crippen LogP contribution in [-0.4, -0.2) is 28.2 Å². The van der Waals surface area contributed by atoms with Gasteiger partial charge in [-0.1, -0.05) is 38.1 Å². The predicted molar refractivity (Wildman–Crippen MR) is 108 cm³/mol. The monoisotopic (exact) mass is 365 g/mol. The summed E-state index contributed by atoms with van der Waals surface area (Å²) in [5, 5.41) is 10.3. The van der Waals surface area contributed by atoms with Crippen LogP contribution in [0.2, 0.25) is 0 Å². The molecule has 1 saturated heterocycles. The van der Waals surface area contributed by atoms with E-state index < -0.39 is 0 Å². The van der Waals surface area contributed by atoms with Crippen LogP contribution in [0.5, 0.6) is 0 Å². The summed E-state index contributed by atoms with van der Waals surface area (Å²) in [5.41, 5.74) is 3.24. The lowest BCUT2D eigenvalue weighted by Gasteiger charge is -2.20. The van der Waals surface area contributed by atoms with Crippen molar-refractivity contribution in [1.29, 1.82) is 0 Å². The lowest BCUT2D eigenvalue weighted by molar-refractivity contribution is 0.418. The van der Waals surface area contributed by atoms with Crippen molar-refractivity contribution >= 4 is 11.5 Å². The van der Waals surface area contributed by atoms with E-state index in [0.29, 0.717) is 5.82 Å². The topological polar surface area (TPSA) is 75.9 Å². The van der Waals surface area contributed by atoms with Crippen LogP contribution >= 0.6 is 0 Å². The minimum atomic E-state index is 0.119. The summed E-state index contributed by atoms with van der Waals surface area (Å²) in [6, 6.07) is 12.2. The highest BCUT2D eigenvalue weighted by Crippen LogP contribution is 2.26. The number of anilines is 2. The Morgan fingerprint density at radius 2 is 1.85 bits per heavy atom. The van der Waals surface area contributed by atoms with E-state index in [-0.39, 0.29) is 5.41 Å². The molecular formula is C21H27N5O. The Morgan fingerprint density at radius 3 is 2.41 bits per heavy atom. The van der Waals surface area contributed by atoms with Crippen molar-refractivity contribution in [2.75, 3.05) is 18.4 Å². The molecule has 142 valence electrons. The Bertz CT molecular complexity index is 811. The van der Waals surface area contributed by atoms with Crippen LogP contribution in [0.4, 0.5) is 11.5 Å². The van der Waals surface area contributed by atoms with Crippen LogP contribution in [-0.2, 0) is 5.41 Å². The van der Waals surface area contributed by atoms with Gasteiger partial charge in [0.25, 0.3) is 0 Å². The summed E-state index contributed by atoms with van der Waals surface area (Å²) < 4.78 is 4.74. The zero-order valence-corrected chi connectivity index (χ0v) is 16.2. The minimum Gasteiger partial charge on any atom is -0.342 e. The van der Waals surface area contributed by atoms with Gasteiger partial charge in [0.15, 0.2) is 0 Å². The second kappa shape index (κ2) is 8.77. The van der Waals surface area contributed by atoms with Crippen LogP contribution in [0.25, 0.3) is 11.4 Å². The third kappa shape index (κ3) is 5.62. The van der Waals surface area contributed by atoms with Gasteiger partial charge < -0.3 is 15.2 Å². The molecule has 0 aliphatic carbocycles. The number of hydrogen-bond donors (Lipinski definition) is 2. The molecule has 2 aromatic heterocycles. The van der Waals surface area contributed by atoms with Crippen molar-refractivity contribution in [2.45, 2.75) is 39.0 Å². The maximum atomic E-state index is 4.74. The molecule has 1 aliphatic heterocycles. The molecule has 0 unspecified atom stereocenters. The fourth-order valence-corrected chi connectivity index (χ4v) is 2.73. The van der Waals surface area contributed by atoms with Crippen molar-refractivity contribution < 1.29 is 4.52 Å². The van der Waals surface area contributed by atoms with Crippen LogP contribution in [0, 0.1) is 0 Å². The van der Waals surface area contributed by atoms with Gasteiger partial charge in [0, 0.05) is 17.4 Å². The number of aromatic nitrogens is 3. The lowest BCUT2D eigenvalue weighted by atomic mass is 9.87. The van der Waals surface area contributed by atoms with E-state index in [1.54, 1.807) is 6.20 Å². The molecule has 1 fully saturated rings. The number of rotatable bonds is 3. The highest BCUT2D eigenvalue weighted by Gasteiger charge is 2.13. The standard InChI is InChI=1S/C17H18N4O.C4H9N/c1-17(2,3)13-5-4-6-14(9-13)20-15-8-7-12(10-18-15)16-19-11-22-21-16;1-2-4-5-3-1/h4-11H,1-3H3,(H,18,20);5H,1-4H2. The van der Waals surface area contributed by atoms with Crippen LogP contribution in [0.1, 0.15) is 39.2 Å². The molecule has 0 saturated carbocycles. The summed E-state index contributed by atoms with van der Waals surface area (Å²) in [7, 11) is 0. The first-order valence-corrected chi connectivity index (χ1v) is 9.33. The van der Waals surface area contributed by atoms with E-state index in [4.69, 9.17) is 4.52 Å². The molecule has 1 aromatic carbocycles. The van der Waals surface area contributed by atoms with E-state index in [1.165, 1.54) is 37.9 Å². The molecule has 0 atom stereocenters. The predicted octanol–water partition coefficient (Wildman–Crippen LogP) is 4.54. The van der Waals surface area contributed by atoms with Crippen LogP contribution in [0.15, 0.2) is 53.5 Å². The fourth-order valence-electron chi connectivity index (χ4n) is 2.73. The molecule has 27 heavy (non-hydrogen) atoms. The van der Waals surface area contributed by atoms with Crippen molar-refractivity contribution in [3.05, 3.63) is 54.6 Å². The molecule has 6 heteroatoms. The first-order chi connectivity index (χ1) is 13.0. The molecule has 4 rings (SSSR count). The van der Waals surface area contributed by atoms with Gasteiger partial charge in [-0.15, -0.1) is 0 Å². The fraction of sp³-hybridized carbons (Fsp3) is 0.381. The zero-order chi connectivity index (χ0) is 19.1. The summed E-state index contributed by atoms with van der Waals surface area (Å²) >= 11 is 0. The quantitative estimate of drug-likeness (QED) is 0.709. The summed E-state index contributed by atoms with van der Waals surface area (Å²) in [6.45, 7) is 9.10. The van der Waals surface area contributed by atoms with Crippen molar-refractivity contribution in [3.63, 3.8) is 0 Å². The Morgan fingerprint density at radius 1 is 1.04 bits per heavy atom. The van der Waals surface area contributed by atoms with Gasteiger partial charge in [-0.05, 0) is 61.2 Å². The maximum absolute atomic E-state index is 4.74. The molecule has 0 amide bonds. The van der Waals surface area contributed by atoms with Crippen LogP contribution < -0.4 is 10.6 Å². The Kier molecular flexibility index (Phi) is 6.19. The highest BCUT2D eigenvalue weighted by molar-refractivity contribution is 5.61. The molecule has 3 aromatic rings. The third-order valence-corrected chi connectivity index (χ3v) is 4.34. The molecule has 0 spiro atoms. The Balaban J connectivity index is 0.000000364. The zero-order valence-electron chi connectivity index (χ0n) is 16.2. The second-order valence-electron chi connectivity index (χ2n) is 7.60. The summed E-state index contributed by atoms with van der Waals surface area (Å²) in [5.74, 6) is 1.31. The smallest absolute Gasteiger partial charge is 0.214 e. The third-order valence-electron chi connectivity index (χ3n) is 4.34. The molecule has 0 radical (unpaired) electrons. The number of nitrogens with zero attached hydrogens (tertiary/aromatic N) is 3. The van der Waals surface area contributed by atoms with Crippen molar-refractivity contribution in [2.24, 2.45) is 0 Å².